The highest BCUT2D eigenvalue weighted by Gasteiger charge is 3.01. The first-order valence-electron chi connectivity index (χ1n) is 7.40. The molecular formula is C16H20Cl4O2. The van der Waals surface area contributed by atoms with Crippen LogP contribution in [0.25, 0.3) is 0 Å². The van der Waals surface area contributed by atoms with E-state index in [2.05, 4.69) is 0 Å². The van der Waals surface area contributed by atoms with Gasteiger partial charge >= 0.3 is 0 Å². The molecule has 3 fully saturated rings. The molecule has 0 aliphatic heterocycles. The number of Topliss-reactive ketones (excluding diaryl/α,β-unsaturated/α-hetero) is 2. The van der Waals surface area contributed by atoms with Crippen LogP contribution in [-0.2, 0) is 9.59 Å². The molecule has 3 aliphatic carbocycles. The number of rotatable bonds is 0. The van der Waals surface area contributed by atoms with Crippen molar-refractivity contribution >= 4 is 58.0 Å². The smallest absolute Gasteiger partial charge is 0.209 e. The lowest BCUT2D eigenvalue weighted by Crippen LogP contribution is -2.50. The van der Waals surface area contributed by atoms with Gasteiger partial charge < -0.3 is 0 Å². The second kappa shape index (κ2) is 3.84. The maximum absolute atomic E-state index is 13.1. The summed E-state index contributed by atoms with van der Waals surface area (Å²) < 4.78 is -2.61. The topological polar surface area (TPSA) is 34.1 Å². The molecule has 3 aliphatic rings. The van der Waals surface area contributed by atoms with E-state index in [4.69, 9.17) is 46.4 Å². The van der Waals surface area contributed by atoms with E-state index in [0.717, 1.165) is 0 Å². The number of hydrogen-bond acceptors (Lipinski definition) is 2. The fraction of sp³-hybridized carbons (Fsp3) is 0.875. The van der Waals surface area contributed by atoms with E-state index in [-0.39, 0.29) is 0 Å². The van der Waals surface area contributed by atoms with E-state index in [1.807, 2.05) is 41.5 Å². The van der Waals surface area contributed by atoms with E-state index in [0.29, 0.717) is 0 Å². The molecule has 0 aromatic rings. The molecule has 6 heteroatoms. The monoisotopic (exact) mass is 384 g/mol. The van der Waals surface area contributed by atoms with E-state index < -0.39 is 53.7 Å². The second-order valence-electron chi connectivity index (χ2n) is 8.98. The van der Waals surface area contributed by atoms with Crippen molar-refractivity contribution in [2.45, 2.75) is 50.2 Å². The van der Waals surface area contributed by atoms with Crippen LogP contribution in [-0.4, -0.2) is 20.2 Å². The molecule has 4 atom stereocenters. The molecule has 0 radical (unpaired) electrons. The lowest BCUT2D eigenvalue weighted by Gasteiger charge is -2.39. The Morgan fingerprint density at radius 3 is 1.09 bits per heavy atom. The lowest BCUT2D eigenvalue weighted by molar-refractivity contribution is -0.151. The summed E-state index contributed by atoms with van der Waals surface area (Å²) in [6.07, 6.45) is 0. The number of halogens is 4. The van der Waals surface area contributed by atoms with E-state index in [1.54, 1.807) is 0 Å². The van der Waals surface area contributed by atoms with Gasteiger partial charge in [0.25, 0.3) is 0 Å². The number of alkyl halides is 4. The Balaban J connectivity index is 2.26. The third kappa shape index (κ3) is 1.33. The van der Waals surface area contributed by atoms with Crippen LogP contribution in [0.4, 0.5) is 0 Å². The first-order chi connectivity index (χ1) is 9.55. The number of carbonyl (C=O) groups is 2. The molecule has 124 valence electrons. The van der Waals surface area contributed by atoms with Crippen molar-refractivity contribution < 1.29 is 9.59 Å². The third-order valence-electron chi connectivity index (χ3n) is 6.22. The predicted molar refractivity (Wildman–Crippen MR) is 89.6 cm³/mol. The Bertz CT molecular complexity index is 557. The summed E-state index contributed by atoms with van der Waals surface area (Å²) in [5.41, 5.74) is -3.31. The lowest BCUT2D eigenvalue weighted by atomic mass is 9.62. The van der Waals surface area contributed by atoms with Crippen molar-refractivity contribution in [1.82, 2.24) is 0 Å². The first-order valence-corrected chi connectivity index (χ1v) is 8.91. The standard InChI is InChI=1S/C16H20Cl4O2/c1-11(2,3)13-7(15(13,17)18)8-14(12(4,5)6,16(8,19)20)10(22)9(13)21/h7-8H,1-6H3/t7-,8+,13+,14-. The quantitative estimate of drug-likeness (QED) is 0.442. The minimum Gasteiger partial charge on any atom is -0.290 e. The van der Waals surface area contributed by atoms with Gasteiger partial charge in [-0.05, 0) is 10.8 Å². The molecule has 0 aromatic carbocycles. The zero-order valence-electron chi connectivity index (χ0n) is 13.5. The number of carbonyl (C=O) groups excluding carboxylic acids is 2. The minimum absolute atomic E-state index is 0.400. The Hall–Kier alpha value is 0.500. The van der Waals surface area contributed by atoms with Crippen molar-refractivity contribution in [2.75, 3.05) is 0 Å². The Morgan fingerprint density at radius 1 is 0.682 bits per heavy atom. The molecule has 0 aromatic heterocycles. The van der Waals surface area contributed by atoms with E-state index in [1.165, 1.54) is 0 Å². The molecule has 0 heterocycles. The van der Waals surface area contributed by atoms with Gasteiger partial charge in [-0.15, -0.1) is 46.4 Å². The molecule has 0 saturated heterocycles. The molecule has 0 unspecified atom stereocenters. The fourth-order valence-electron chi connectivity index (χ4n) is 5.34. The van der Waals surface area contributed by atoms with Gasteiger partial charge in [0.05, 0.1) is 10.8 Å². The molecular weight excluding hydrogens is 366 g/mol. The van der Waals surface area contributed by atoms with Gasteiger partial charge in [-0.1, -0.05) is 41.5 Å². The average molecular weight is 386 g/mol. The molecule has 3 saturated carbocycles. The Kier molecular flexibility index (Phi) is 3.03. The van der Waals surface area contributed by atoms with Gasteiger partial charge in [0.15, 0.2) is 0 Å². The average Bonchev–Trinajstić information content (AvgIpc) is 2.99. The van der Waals surface area contributed by atoms with Gasteiger partial charge in [0, 0.05) is 11.8 Å². The highest BCUT2D eigenvalue weighted by molar-refractivity contribution is 6.63. The number of hydrogen-bond donors (Lipinski definition) is 0. The summed E-state index contributed by atoms with van der Waals surface area (Å²) in [7, 11) is 0. The van der Waals surface area contributed by atoms with Crippen molar-refractivity contribution in [1.29, 1.82) is 0 Å². The SMILES string of the molecule is CC(C)(C)[C@]12C(=O)C(=O)[C@]3(C(C)(C)C)[C@@H]([C@@H]1C2(Cl)Cl)C3(Cl)Cl. The fourth-order valence-corrected chi connectivity index (χ4v) is 8.22. The maximum Gasteiger partial charge on any atom is 0.209 e. The van der Waals surface area contributed by atoms with Crippen LogP contribution in [0.3, 0.4) is 0 Å². The Morgan fingerprint density at radius 2 is 0.909 bits per heavy atom. The summed E-state index contributed by atoms with van der Waals surface area (Å²) in [5, 5.41) is 0. The molecule has 0 amide bonds. The van der Waals surface area contributed by atoms with Gasteiger partial charge in [0.1, 0.15) is 8.67 Å². The van der Waals surface area contributed by atoms with Gasteiger partial charge in [0.2, 0.25) is 11.6 Å². The zero-order chi connectivity index (χ0) is 17.3. The largest absolute Gasteiger partial charge is 0.290 e. The van der Waals surface area contributed by atoms with Gasteiger partial charge in [-0.25, -0.2) is 0 Å². The van der Waals surface area contributed by atoms with Crippen molar-refractivity contribution in [3.8, 4) is 0 Å². The van der Waals surface area contributed by atoms with Crippen molar-refractivity contribution in [2.24, 2.45) is 33.5 Å². The van der Waals surface area contributed by atoms with Crippen LogP contribution in [0, 0.1) is 33.5 Å². The van der Waals surface area contributed by atoms with Crippen LogP contribution in [0.2, 0.25) is 0 Å². The summed E-state index contributed by atoms with van der Waals surface area (Å²) in [5.74, 6) is -1.82. The van der Waals surface area contributed by atoms with Crippen LogP contribution >= 0.6 is 46.4 Å². The summed E-state index contributed by atoms with van der Waals surface area (Å²) >= 11 is 26.2. The Labute approximate surface area is 151 Å². The first kappa shape index (κ1) is 17.3. The molecule has 22 heavy (non-hydrogen) atoms. The highest BCUT2D eigenvalue weighted by atomic mass is 35.5. The van der Waals surface area contributed by atoms with Crippen LogP contribution in [0.15, 0.2) is 0 Å². The van der Waals surface area contributed by atoms with Crippen LogP contribution in [0.1, 0.15) is 41.5 Å². The predicted octanol–water partition coefficient (Wildman–Crippen LogP) is 4.81. The summed E-state index contributed by atoms with van der Waals surface area (Å²) in [4.78, 5) is 26.2. The maximum atomic E-state index is 13.1. The van der Waals surface area contributed by atoms with Crippen molar-refractivity contribution in [3.05, 3.63) is 0 Å². The van der Waals surface area contributed by atoms with Gasteiger partial charge in [-0.2, -0.15) is 0 Å². The van der Waals surface area contributed by atoms with E-state index in [9.17, 15) is 9.59 Å². The second-order valence-corrected chi connectivity index (χ2v) is 11.7. The molecule has 0 spiro atoms. The molecule has 3 rings (SSSR count). The molecule has 0 bridgehead atoms. The van der Waals surface area contributed by atoms with Gasteiger partial charge in [-0.3, -0.25) is 9.59 Å². The van der Waals surface area contributed by atoms with Crippen LogP contribution in [0.5, 0.6) is 0 Å². The third-order valence-corrected chi connectivity index (χ3v) is 8.35. The normalized spacial score (nSPS) is 45.2. The summed E-state index contributed by atoms with van der Waals surface area (Å²) in [6, 6.07) is 0. The van der Waals surface area contributed by atoms with E-state index >= 15 is 0 Å². The summed E-state index contributed by atoms with van der Waals surface area (Å²) in [6.45, 7) is 11.3. The molecule has 2 nitrogen and oxygen atoms in total. The zero-order valence-corrected chi connectivity index (χ0v) is 16.5. The molecule has 0 N–H and O–H groups in total. The van der Waals surface area contributed by atoms with Crippen molar-refractivity contribution in [3.63, 3.8) is 0 Å². The number of ketones is 2. The highest BCUT2D eigenvalue weighted by Crippen LogP contribution is 2.93. The minimum atomic E-state index is -1.30. The number of fused-ring (bicyclic) bond motifs is 3. The van der Waals surface area contributed by atoms with Crippen LogP contribution < -0.4 is 0 Å².